The second-order valence-corrected chi connectivity index (χ2v) is 6.19. The van der Waals surface area contributed by atoms with E-state index in [-0.39, 0.29) is 18.8 Å². The topological polar surface area (TPSA) is 18.5 Å². The molecule has 3 rings (SSSR count). The van der Waals surface area contributed by atoms with Crippen molar-refractivity contribution in [3.63, 3.8) is 0 Å². The maximum atomic E-state index is 14.2. The molecule has 0 aromatic heterocycles. The molecule has 0 N–H and O–H groups in total. The van der Waals surface area contributed by atoms with Crippen molar-refractivity contribution in [2.45, 2.75) is 25.3 Å². The molecule has 2 aromatic rings. The van der Waals surface area contributed by atoms with Gasteiger partial charge in [-0.15, -0.1) is 13.2 Å². The van der Waals surface area contributed by atoms with Gasteiger partial charge in [0.25, 0.3) is 0 Å². The molecule has 0 fully saturated rings. The van der Waals surface area contributed by atoms with Crippen LogP contribution in [0.3, 0.4) is 0 Å². The molecule has 0 amide bonds. The van der Waals surface area contributed by atoms with Crippen molar-refractivity contribution in [2.75, 3.05) is 6.61 Å². The highest BCUT2D eigenvalue weighted by atomic mass is 19.4. The predicted octanol–water partition coefficient (Wildman–Crippen LogP) is 6.14. The lowest BCUT2D eigenvalue weighted by Crippen LogP contribution is -2.29. The number of rotatable bonds is 5. The number of hydrogen-bond donors (Lipinski definition) is 0. The lowest BCUT2D eigenvalue weighted by Gasteiger charge is -2.33. The molecular formula is C21H17F5O2. The lowest BCUT2D eigenvalue weighted by molar-refractivity contribution is -0.275. The SMILES string of the molecule is CCOC1(c2ccc(OC(F)(F)F)c(F)c2)C=CC(c2ccccc2F)=CC1. The first-order valence-electron chi connectivity index (χ1n) is 8.58. The maximum Gasteiger partial charge on any atom is 0.573 e. The zero-order valence-corrected chi connectivity index (χ0v) is 14.9. The maximum absolute atomic E-state index is 14.2. The smallest absolute Gasteiger partial charge is 0.403 e. The van der Waals surface area contributed by atoms with Crippen molar-refractivity contribution in [1.29, 1.82) is 0 Å². The molecule has 7 heteroatoms. The summed E-state index contributed by atoms with van der Waals surface area (Å²) in [6.45, 7) is 2.04. The van der Waals surface area contributed by atoms with Crippen molar-refractivity contribution in [2.24, 2.45) is 0 Å². The molecule has 0 aliphatic heterocycles. The normalized spacial score (nSPS) is 19.4. The van der Waals surface area contributed by atoms with Gasteiger partial charge in [-0.3, -0.25) is 0 Å². The summed E-state index contributed by atoms with van der Waals surface area (Å²) in [6.07, 6.45) is 0.362. The second kappa shape index (κ2) is 7.75. The monoisotopic (exact) mass is 396 g/mol. The molecule has 2 aromatic carbocycles. The van der Waals surface area contributed by atoms with Gasteiger partial charge in [-0.2, -0.15) is 0 Å². The number of alkyl halides is 3. The minimum Gasteiger partial charge on any atom is -0.403 e. The van der Waals surface area contributed by atoms with Gasteiger partial charge in [0, 0.05) is 18.6 Å². The fourth-order valence-electron chi connectivity index (χ4n) is 3.15. The summed E-state index contributed by atoms with van der Waals surface area (Å²) < 4.78 is 74.7. The van der Waals surface area contributed by atoms with E-state index in [1.54, 1.807) is 43.4 Å². The summed E-state index contributed by atoms with van der Waals surface area (Å²) in [6, 6.07) is 9.50. The molecule has 1 aliphatic carbocycles. The van der Waals surface area contributed by atoms with Crippen LogP contribution in [0.15, 0.2) is 60.7 Å². The van der Waals surface area contributed by atoms with Crippen LogP contribution in [-0.4, -0.2) is 13.0 Å². The van der Waals surface area contributed by atoms with Crippen LogP contribution >= 0.6 is 0 Å². The van der Waals surface area contributed by atoms with Crippen molar-refractivity contribution < 1.29 is 31.4 Å². The van der Waals surface area contributed by atoms with E-state index in [1.165, 1.54) is 12.1 Å². The Morgan fingerprint density at radius 3 is 2.36 bits per heavy atom. The molecule has 0 spiro atoms. The lowest BCUT2D eigenvalue weighted by atomic mass is 9.83. The summed E-state index contributed by atoms with van der Waals surface area (Å²) in [5.74, 6) is -2.43. The van der Waals surface area contributed by atoms with Gasteiger partial charge in [0.15, 0.2) is 11.6 Å². The first-order chi connectivity index (χ1) is 13.2. The van der Waals surface area contributed by atoms with E-state index < -0.39 is 23.5 Å². The summed E-state index contributed by atoms with van der Waals surface area (Å²) in [5.41, 5.74) is 0.331. The molecule has 2 nitrogen and oxygen atoms in total. The molecular weight excluding hydrogens is 379 g/mol. The molecule has 28 heavy (non-hydrogen) atoms. The van der Waals surface area contributed by atoms with Gasteiger partial charge in [-0.05, 0) is 42.3 Å². The Bertz CT molecular complexity index is 917. The molecule has 0 bridgehead atoms. The van der Waals surface area contributed by atoms with E-state index >= 15 is 0 Å². The van der Waals surface area contributed by atoms with Crippen LogP contribution in [0.25, 0.3) is 5.57 Å². The van der Waals surface area contributed by atoms with Crippen LogP contribution in [0.2, 0.25) is 0 Å². The summed E-state index contributed by atoms with van der Waals surface area (Å²) in [4.78, 5) is 0. The predicted molar refractivity (Wildman–Crippen MR) is 94.5 cm³/mol. The standard InChI is InChI=1S/C21H17F5O2/c1-2-27-20(15-7-8-19(18(23)13-15)28-21(24,25)26)11-9-14(10-12-20)16-5-3-4-6-17(16)22/h3-11,13H,2,12H2,1H3. The van der Waals surface area contributed by atoms with Crippen LogP contribution in [0.1, 0.15) is 24.5 Å². The fraction of sp³-hybridized carbons (Fsp3) is 0.238. The Kier molecular flexibility index (Phi) is 5.56. The summed E-state index contributed by atoms with van der Waals surface area (Å²) in [7, 11) is 0. The molecule has 0 saturated heterocycles. The zero-order valence-electron chi connectivity index (χ0n) is 14.9. The number of halogens is 5. The average Bonchev–Trinajstić information content (AvgIpc) is 2.64. The van der Waals surface area contributed by atoms with Gasteiger partial charge in [0.2, 0.25) is 0 Å². The third-order valence-corrected chi connectivity index (χ3v) is 4.39. The van der Waals surface area contributed by atoms with Gasteiger partial charge in [0.05, 0.1) is 0 Å². The third kappa shape index (κ3) is 4.25. The van der Waals surface area contributed by atoms with Crippen LogP contribution < -0.4 is 4.74 Å². The molecule has 0 radical (unpaired) electrons. The van der Waals surface area contributed by atoms with Crippen molar-refractivity contribution in [1.82, 2.24) is 0 Å². The van der Waals surface area contributed by atoms with E-state index in [0.29, 0.717) is 16.7 Å². The van der Waals surface area contributed by atoms with Crippen LogP contribution in [0, 0.1) is 11.6 Å². The first kappa shape index (κ1) is 20.1. The van der Waals surface area contributed by atoms with Gasteiger partial charge >= 0.3 is 6.36 Å². The summed E-state index contributed by atoms with van der Waals surface area (Å²) >= 11 is 0. The van der Waals surface area contributed by atoms with E-state index in [9.17, 15) is 22.0 Å². The molecule has 0 heterocycles. The average molecular weight is 396 g/mol. The minimum atomic E-state index is -4.98. The van der Waals surface area contributed by atoms with Crippen LogP contribution in [-0.2, 0) is 10.3 Å². The van der Waals surface area contributed by atoms with Crippen LogP contribution in [0.4, 0.5) is 22.0 Å². The Labute approximate surface area is 158 Å². The Morgan fingerprint density at radius 1 is 1.04 bits per heavy atom. The number of allylic oxidation sites excluding steroid dienone is 2. The molecule has 1 unspecified atom stereocenters. The van der Waals surface area contributed by atoms with Gasteiger partial charge in [-0.25, -0.2) is 8.78 Å². The van der Waals surface area contributed by atoms with Gasteiger partial charge in [-0.1, -0.05) is 36.4 Å². The van der Waals surface area contributed by atoms with E-state index in [2.05, 4.69) is 4.74 Å². The molecule has 1 atom stereocenters. The molecule has 0 saturated carbocycles. The highest BCUT2D eigenvalue weighted by molar-refractivity contribution is 5.76. The van der Waals surface area contributed by atoms with Crippen molar-refractivity contribution >= 4 is 5.57 Å². The Hall–Kier alpha value is -2.67. The molecule has 148 valence electrons. The second-order valence-electron chi connectivity index (χ2n) is 6.19. The third-order valence-electron chi connectivity index (χ3n) is 4.39. The van der Waals surface area contributed by atoms with Crippen molar-refractivity contribution in [3.05, 3.63) is 83.5 Å². The van der Waals surface area contributed by atoms with E-state index in [0.717, 1.165) is 12.1 Å². The largest absolute Gasteiger partial charge is 0.573 e. The highest BCUT2D eigenvalue weighted by Crippen LogP contribution is 2.39. The molecule has 1 aliphatic rings. The number of benzene rings is 2. The highest BCUT2D eigenvalue weighted by Gasteiger charge is 2.35. The number of ether oxygens (including phenoxy) is 2. The Morgan fingerprint density at radius 2 is 1.79 bits per heavy atom. The van der Waals surface area contributed by atoms with E-state index in [4.69, 9.17) is 4.74 Å². The quantitative estimate of drug-likeness (QED) is 0.566. The van der Waals surface area contributed by atoms with Gasteiger partial charge in [0.1, 0.15) is 11.4 Å². The number of hydrogen-bond acceptors (Lipinski definition) is 2. The van der Waals surface area contributed by atoms with E-state index in [1.807, 2.05) is 0 Å². The summed E-state index contributed by atoms with van der Waals surface area (Å²) in [5, 5.41) is 0. The Balaban J connectivity index is 1.92. The fourth-order valence-corrected chi connectivity index (χ4v) is 3.15. The van der Waals surface area contributed by atoms with Crippen LogP contribution in [0.5, 0.6) is 5.75 Å². The zero-order chi connectivity index (χ0) is 20.4. The van der Waals surface area contributed by atoms with Crippen molar-refractivity contribution in [3.8, 4) is 5.75 Å². The first-order valence-corrected chi connectivity index (χ1v) is 8.58. The minimum absolute atomic E-state index is 0.264. The van der Waals surface area contributed by atoms with Gasteiger partial charge < -0.3 is 9.47 Å².